The second-order valence-corrected chi connectivity index (χ2v) is 3.17. The van der Waals surface area contributed by atoms with Gasteiger partial charge in [0.1, 0.15) is 5.75 Å². The van der Waals surface area contributed by atoms with Crippen molar-refractivity contribution in [3.05, 3.63) is 24.0 Å². The fraction of sp³-hybridized carbons (Fsp3) is 0.444. The maximum atomic E-state index is 12.4. The van der Waals surface area contributed by atoms with Gasteiger partial charge in [-0.2, -0.15) is 8.78 Å². The molecule has 0 aromatic carbocycles. The fourth-order valence-corrected chi connectivity index (χ4v) is 0.956. The van der Waals surface area contributed by atoms with Crippen molar-refractivity contribution in [2.45, 2.75) is 18.9 Å². The molecule has 0 aliphatic heterocycles. The van der Waals surface area contributed by atoms with E-state index in [1.807, 2.05) is 0 Å². The quantitative estimate of drug-likeness (QED) is 0.768. The standard InChI is InChI=1S/C9H10F4N2O/c10-8(11)9(12,13)5-14-3-6-1-2-7(16)4-15-6/h1-2,4,8,14,16H,3,5H2. The average molecular weight is 238 g/mol. The smallest absolute Gasteiger partial charge is 0.319 e. The molecule has 3 nitrogen and oxygen atoms in total. The second-order valence-electron chi connectivity index (χ2n) is 3.17. The molecule has 7 heteroatoms. The molecule has 0 radical (unpaired) electrons. The molecule has 0 fully saturated rings. The van der Waals surface area contributed by atoms with Crippen molar-refractivity contribution in [1.82, 2.24) is 10.3 Å². The minimum Gasteiger partial charge on any atom is -0.506 e. The van der Waals surface area contributed by atoms with Gasteiger partial charge in [-0.25, -0.2) is 8.78 Å². The first-order chi connectivity index (χ1) is 7.42. The summed E-state index contributed by atoms with van der Waals surface area (Å²) >= 11 is 0. The van der Waals surface area contributed by atoms with E-state index in [1.54, 1.807) is 0 Å². The number of hydrogen-bond donors (Lipinski definition) is 2. The van der Waals surface area contributed by atoms with Gasteiger partial charge in [0.15, 0.2) is 0 Å². The van der Waals surface area contributed by atoms with Gasteiger partial charge in [-0.05, 0) is 12.1 Å². The highest BCUT2D eigenvalue weighted by Crippen LogP contribution is 2.21. The molecule has 1 rings (SSSR count). The van der Waals surface area contributed by atoms with E-state index in [4.69, 9.17) is 5.11 Å². The van der Waals surface area contributed by atoms with Crippen LogP contribution in [0, 0.1) is 0 Å². The van der Waals surface area contributed by atoms with E-state index in [1.165, 1.54) is 12.1 Å². The predicted molar refractivity (Wildman–Crippen MR) is 48.6 cm³/mol. The minimum atomic E-state index is -4.04. The average Bonchev–Trinajstić information content (AvgIpc) is 2.20. The van der Waals surface area contributed by atoms with Gasteiger partial charge in [0.25, 0.3) is 0 Å². The molecule has 0 unspecified atom stereocenters. The van der Waals surface area contributed by atoms with Crippen LogP contribution in [0.1, 0.15) is 5.69 Å². The highest BCUT2D eigenvalue weighted by atomic mass is 19.3. The van der Waals surface area contributed by atoms with E-state index in [2.05, 4.69) is 10.3 Å². The Morgan fingerprint density at radius 2 is 2.06 bits per heavy atom. The van der Waals surface area contributed by atoms with Crippen LogP contribution in [0.25, 0.3) is 0 Å². The normalized spacial score (nSPS) is 12.1. The highest BCUT2D eigenvalue weighted by Gasteiger charge is 2.39. The van der Waals surface area contributed by atoms with Crippen LogP contribution in [-0.2, 0) is 6.54 Å². The summed E-state index contributed by atoms with van der Waals surface area (Å²) in [5.41, 5.74) is 0.378. The molecule has 0 saturated carbocycles. The van der Waals surface area contributed by atoms with Gasteiger partial charge in [0, 0.05) is 6.54 Å². The number of alkyl halides is 4. The van der Waals surface area contributed by atoms with E-state index in [9.17, 15) is 17.6 Å². The second kappa shape index (κ2) is 5.11. The molecule has 1 aromatic rings. The summed E-state index contributed by atoms with van der Waals surface area (Å²) in [7, 11) is 0. The van der Waals surface area contributed by atoms with Crippen LogP contribution in [-0.4, -0.2) is 29.0 Å². The molecule has 0 atom stereocenters. The largest absolute Gasteiger partial charge is 0.506 e. The summed E-state index contributed by atoms with van der Waals surface area (Å²) in [6.45, 7) is -1.18. The first kappa shape index (κ1) is 12.7. The minimum absolute atomic E-state index is 0.0540. The first-order valence-electron chi connectivity index (χ1n) is 4.42. The van der Waals surface area contributed by atoms with Gasteiger partial charge in [-0.15, -0.1) is 0 Å². The fourth-order valence-electron chi connectivity index (χ4n) is 0.956. The van der Waals surface area contributed by atoms with Crippen LogP contribution in [0.2, 0.25) is 0 Å². The summed E-state index contributed by atoms with van der Waals surface area (Å²) in [6, 6.07) is 2.73. The van der Waals surface area contributed by atoms with Gasteiger partial charge in [0.2, 0.25) is 0 Å². The number of pyridine rings is 1. The van der Waals surface area contributed by atoms with Crippen molar-refractivity contribution in [3.63, 3.8) is 0 Å². The topological polar surface area (TPSA) is 45.1 Å². The van der Waals surface area contributed by atoms with Gasteiger partial charge in [-0.3, -0.25) is 4.98 Å². The molecular formula is C9H10F4N2O. The predicted octanol–water partition coefficient (Wildman–Crippen LogP) is 1.78. The van der Waals surface area contributed by atoms with Crippen LogP contribution in [0.3, 0.4) is 0 Å². The molecule has 90 valence electrons. The van der Waals surface area contributed by atoms with E-state index < -0.39 is 18.9 Å². The van der Waals surface area contributed by atoms with Crippen molar-refractivity contribution in [1.29, 1.82) is 0 Å². The van der Waals surface area contributed by atoms with Gasteiger partial charge >= 0.3 is 12.3 Å². The molecule has 1 aromatic heterocycles. The molecule has 0 bridgehead atoms. The van der Waals surface area contributed by atoms with Crippen LogP contribution in [0.5, 0.6) is 5.75 Å². The SMILES string of the molecule is Oc1ccc(CNCC(F)(F)C(F)F)nc1. The molecule has 0 amide bonds. The first-order valence-corrected chi connectivity index (χ1v) is 4.42. The number of rotatable bonds is 5. The lowest BCUT2D eigenvalue weighted by Gasteiger charge is -2.15. The van der Waals surface area contributed by atoms with E-state index in [0.717, 1.165) is 6.20 Å². The number of hydrogen-bond acceptors (Lipinski definition) is 3. The number of aromatic hydroxyl groups is 1. The van der Waals surface area contributed by atoms with Gasteiger partial charge in [0.05, 0.1) is 18.4 Å². The Bertz CT molecular complexity index is 329. The lowest BCUT2D eigenvalue weighted by molar-refractivity contribution is -0.125. The van der Waals surface area contributed by atoms with Crippen molar-refractivity contribution in [2.75, 3.05) is 6.54 Å². The van der Waals surface area contributed by atoms with Crippen LogP contribution in [0.15, 0.2) is 18.3 Å². The lowest BCUT2D eigenvalue weighted by Crippen LogP contribution is -2.38. The number of nitrogens with one attached hydrogen (secondary N) is 1. The van der Waals surface area contributed by atoms with Crippen molar-refractivity contribution in [2.24, 2.45) is 0 Å². The maximum absolute atomic E-state index is 12.4. The number of nitrogens with zero attached hydrogens (tertiary/aromatic N) is 1. The summed E-state index contributed by atoms with van der Waals surface area (Å²) in [4.78, 5) is 3.70. The van der Waals surface area contributed by atoms with Crippen LogP contribution in [0.4, 0.5) is 17.6 Å². The van der Waals surface area contributed by atoms with E-state index in [-0.39, 0.29) is 12.3 Å². The molecule has 1 heterocycles. The zero-order chi connectivity index (χ0) is 12.2. The van der Waals surface area contributed by atoms with Crippen molar-refractivity contribution >= 4 is 0 Å². The van der Waals surface area contributed by atoms with Crippen LogP contribution >= 0.6 is 0 Å². The number of halogens is 4. The highest BCUT2D eigenvalue weighted by molar-refractivity contribution is 5.17. The molecule has 0 aliphatic carbocycles. The summed E-state index contributed by atoms with van der Waals surface area (Å²) < 4.78 is 48.4. The molecule has 0 saturated heterocycles. The Labute approximate surface area is 89.1 Å². The summed E-state index contributed by atoms with van der Waals surface area (Å²) in [5, 5.41) is 11.1. The molecule has 0 spiro atoms. The molecule has 0 aliphatic rings. The third-order valence-corrected chi connectivity index (χ3v) is 1.80. The lowest BCUT2D eigenvalue weighted by atomic mass is 10.3. The van der Waals surface area contributed by atoms with E-state index >= 15 is 0 Å². The summed E-state index contributed by atoms with van der Waals surface area (Å²) in [5.74, 6) is -4.10. The molecule has 2 N–H and O–H groups in total. The Hall–Kier alpha value is -1.37. The Morgan fingerprint density at radius 3 is 2.56 bits per heavy atom. The zero-order valence-electron chi connectivity index (χ0n) is 8.13. The maximum Gasteiger partial charge on any atom is 0.319 e. The molecule has 16 heavy (non-hydrogen) atoms. The zero-order valence-corrected chi connectivity index (χ0v) is 8.13. The third kappa shape index (κ3) is 3.65. The van der Waals surface area contributed by atoms with Crippen molar-refractivity contribution < 1.29 is 22.7 Å². The summed E-state index contributed by atoms with van der Waals surface area (Å²) in [6.07, 6.45) is -2.55. The Kier molecular flexibility index (Phi) is 4.05. The Balaban J connectivity index is 2.39. The van der Waals surface area contributed by atoms with Gasteiger partial charge in [-0.1, -0.05) is 0 Å². The van der Waals surface area contributed by atoms with E-state index in [0.29, 0.717) is 5.69 Å². The Morgan fingerprint density at radius 1 is 1.38 bits per heavy atom. The van der Waals surface area contributed by atoms with Crippen LogP contribution < -0.4 is 5.32 Å². The third-order valence-electron chi connectivity index (χ3n) is 1.80. The monoisotopic (exact) mass is 238 g/mol. The van der Waals surface area contributed by atoms with Crippen molar-refractivity contribution in [3.8, 4) is 5.75 Å². The number of aromatic nitrogens is 1. The van der Waals surface area contributed by atoms with Gasteiger partial charge < -0.3 is 10.4 Å². The molecular weight excluding hydrogens is 228 g/mol.